The fourth-order valence-electron chi connectivity index (χ4n) is 9.65. The van der Waals surface area contributed by atoms with Crippen LogP contribution in [0, 0.1) is 0 Å². The summed E-state index contributed by atoms with van der Waals surface area (Å²) in [5.41, 5.74) is 0. The lowest BCUT2D eigenvalue weighted by Crippen LogP contribution is -2.30. The third-order valence-corrected chi connectivity index (χ3v) is 14.5. The van der Waals surface area contributed by atoms with E-state index in [-0.39, 0.29) is 31.1 Å². The fraction of sp³-hybridized carbons (Fsp3) is 0.892. The van der Waals surface area contributed by atoms with Gasteiger partial charge in [0.05, 0.1) is 0 Å². The zero-order valence-electron chi connectivity index (χ0n) is 48.0. The molecule has 0 fully saturated rings. The average molecular weight is 1000 g/mol. The van der Waals surface area contributed by atoms with Crippen LogP contribution in [0.3, 0.4) is 0 Å². The largest absolute Gasteiger partial charge is 0.462 e. The maximum atomic E-state index is 12.9. The molecule has 0 radical (unpaired) electrons. The van der Waals surface area contributed by atoms with Gasteiger partial charge in [0.2, 0.25) is 0 Å². The molecular formula is C65H122O6. The maximum Gasteiger partial charge on any atom is 0.306 e. The number of carbonyl (C=O) groups is 3. The van der Waals surface area contributed by atoms with Crippen molar-refractivity contribution in [1.29, 1.82) is 0 Å². The van der Waals surface area contributed by atoms with Gasteiger partial charge in [-0.05, 0) is 51.4 Å². The van der Waals surface area contributed by atoms with E-state index in [1.807, 2.05) is 0 Å². The van der Waals surface area contributed by atoms with Gasteiger partial charge in [-0.25, -0.2) is 0 Å². The molecule has 0 aliphatic heterocycles. The average Bonchev–Trinajstić information content (AvgIpc) is 3.37. The van der Waals surface area contributed by atoms with Crippen molar-refractivity contribution in [3.8, 4) is 0 Å². The Morgan fingerprint density at radius 1 is 0.282 bits per heavy atom. The highest BCUT2D eigenvalue weighted by molar-refractivity contribution is 5.71. The Morgan fingerprint density at radius 3 is 0.775 bits per heavy atom. The van der Waals surface area contributed by atoms with Gasteiger partial charge in [0.15, 0.2) is 6.10 Å². The molecule has 0 aromatic heterocycles. The van der Waals surface area contributed by atoms with Gasteiger partial charge in [0.25, 0.3) is 0 Å². The van der Waals surface area contributed by atoms with Gasteiger partial charge in [-0.2, -0.15) is 0 Å². The van der Waals surface area contributed by atoms with Gasteiger partial charge in [-0.1, -0.05) is 308 Å². The summed E-state index contributed by atoms with van der Waals surface area (Å²) in [5.74, 6) is -0.839. The maximum absolute atomic E-state index is 12.9. The van der Waals surface area contributed by atoms with E-state index >= 15 is 0 Å². The van der Waals surface area contributed by atoms with Gasteiger partial charge in [-0.15, -0.1) is 0 Å². The van der Waals surface area contributed by atoms with Crippen molar-refractivity contribution in [1.82, 2.24) is 0 Å². The molecule has 0 amide bonds. The number of unbranched alkanes of at least 4 members (excludes halogenated alkanes) is 44. The quantitative estimate of drug-likeness (QED) is 0.0261. The van der Waals surface area contributed by atoms with E-state index in [1.165, 1.54) is 250 Å². The van der Waals surface area contributed by atoms with Gasteiger partial charge >= 0.3 is 17.9 Å². The fourth-order valence-corrected chi connectivity index (χ4v) is 9.65. The first-order chi connectivity index (χ1) is 35.0. The summed E-state index contributed by atoms with van der Waals surface area (Å²) in [6, 6.07) is 0. The van der Waals surface area contributed by atoms with Crippen molar-refractivity contribution in [3.05, 3.63) is 24.3 Å². The SMILES string of the molecule is CCCCCCC/C=C\C/C=C\CCCCCCCCCCCCCCCC(=O)OCC(COC(=O)CCCCCCCCCCCCCCCC)OC(=O)CCCCCCCCCCCCCCCC. The van der Waals surface area contributed by atoms with Crippen LogP contribution in [-0.2, 0) is 28.6 Å². The molecule has 0 N–H and O–H groups in total. The Hall–Kier alpha value is -2.11. The van der Waals surface area contributed by atoms with Crippen LogP contribution < -0.4 is 0 Å². The number of esters is 3. The lowest BCUT2D eigenvalue weighted by atomic mass is 10.0. The molecule has 0 rings (SSSR count). The number of carbonyl (C=O) groups excluding carboxylic acids is 3. The summed E-state index contributed by atoms with van der Waals surface area (Å²) < 4.78 is 16.9. The minimum atomic E-state index is -0.766. The van der Waals surface area contributed by atoms with E-state index < -0.39 is 6.10 Å². The highest BCUT2D eigenvalue weighted by atomic mass is 16.6. The lowest BCUT2D eigenvalue weighted by Gasteiger charge is -2.18. The number of allylic oxidation sites excluding steroid dienone is 4. The molecule has 0 aliphatic carbocycles. The summed E-state index contributed by atoms with van der Waals surface area (Å²) in [6.07, 6.45) is 71.8. The highest BCUT2D eigenvalue weighted by Crippen LogP contribution is 2.18. The van der Waals surface area contributed by atoms with Crippen molar-refractivity contribution in [2.24, 2.45) is 0 Å². The van der Waals surface area contributed by atoms with Crippen LogP contribution in [-0.4, -0.2) is 37.2 Å². The van der Waals surface area contributed by atoms with Crippen molar-refractivity contribution in [2.75, 3.05) is 13.2 Å². The van der Waals surface area contributed by atoms with Gasteiger partial charge in [0.1, 0.15) is 13.2 Å². The van der Waals surface area contributed by atoms with E-state index in [0.717, 1.165) is 64.2 Å². The minimum Gasteiger partial charge on any atom is -0.462 e. The number of hydrogen-bond donors (Lipinski definition) is 0. The van der Waals surface area contributed by atoms with E-state index in [2.05, 4.69) is 45.1 Å². The van der Waals surface area contributed by atoms with Crippen LogP contribution in [0.4, 0.5) is 0 Å². The summed E-state index contributed by atoms with van der Waals surface area (Å²) in [6.45, 7) is 6.69. The molecule has 1 atom stereocenters. The van der Waals surface area contributed by atoms with E-state index in [9.17, 15) is 14.4 Å². The lowest BCUT2D eigenvalue weighted by molar-refractivity contribution is -0.167. The Labute approximate surface area is 443 Å². The van der Waals surface area contributed by atoms with Gasteiger partial charge < -0.3 is 14.2 Å². The molecule has 0 aromatic carbocycles. The first kappa shape index (κ1) is 68.9. The van der Waals surface area contributed by atoms with Crippen LogP contribution >= 0.6 is 0 Å². The minimum absolute atomic E-state index is 0.0646. The second kappa shape index (κ2) is 60.4. The van der Waals surface area contributed by atoms with Crippen LogP contribution in [0.1, 0.15) is 355 Å². The summed E-state index contributed by atoms with van der Waals surface area (Å²) in [5, 5.41) is 0. The normalized spacial score (nSPS) is 12.1. The van der Waals surface area contributed by atoms with E-state index in [0.29, 0.717) is 19.3 Å². The Bertz CT molecular complexity index is 1150. The molecule has 0 heterocycles. The topological polar surface area (TPSA) is 78.9 Å². The monoisotopic (exact) mass is 999 g/mol. The Kier molecular flexibility index (Phi) is 58.6. The first-order valence-corrected chi connectivity index (χ1v) is 31.8. The Morgan fingerprint density at radius 2 is 0.507 bits per heavy atom. The molecular weight excluding hydrogens is 877 g/mol. The first-order valence-electron chi connectivity index (χ1n) is 31.8. The molecule has 0 saturated carbocycles. The van der Waals surface area contributed by atoms with E-state index in [4.69, 9.17) is 14.2 Å². The predicted molar refractivity (Wildman–Crippen MR) is 307 cm³/mol. The van der Waals surface area contributed by atoms with Crippen LogP contribution in [0.2, 0.25) is 0 Å². The van der Waals surface area contributed by atoms with Gasteiger partial charge in [-0.3, -0.25) is 14.4 Å². The zero-order chi connectivity index (χ0) is 51.4. The van der Waals surface area contributed by atoms with Crippen LogP contribution in [0.5, 0.6) is 0 Å². The van der Waals surface area contributed by atoms with Crippen molar-refractivity contribution in [3.63, 3.8) is 0 Å². The number of ether oxygens (including phenoxy) is 3. The smallest absolute Gasteiger partial charge is 0.306 e. The molecule has 0 spiro atoms. The zero-order valence-corrected chi connectivity index (χ0v) is 48.0. The van der Waals surface area contributed by atoms with Gasteiger partial charge in [0, 0.05) is 19.3 Å². The van der Waals surface area contributed by atoms with Crippen LogP contribution in [0.25, 0.3) is 0 Å². The van der Waals surface area contributed by atoms with E-state index in [1.54, 1.807) is 0 Å². The molecule has 0 aromatic rings. The summed E-state index contributed by atoms with van der Waals surface area (Å²) in [4.78, 5) is 38.2. The second-order valence-electron chi connectivity index (χ2n) is 21.7. The number of rotatable bonds is 59. The molecule has 1 unspecified atom stereocenters. The molecule has 6 heteroatoms. The summed E-state index contributed by atoms with van der Waals surface area (Å²) in [7, 11) is 0. The third-order valence-electron chi connectivity index (χ3n) is 14.5. The highest BCUT2D eigenvalue weighted by Gasteiger charge is 2.19. The molecule has 0 bridgehead atoms. The standard InChI is InChI=1S/C65H122O6/c1-4-7-10-13-16-19-22-25-28-29-30-31-32-33-34-35-36-37-38-41-43-46-49-52-55-58-64(67)70-61-62(71-65(68)59-56-53-50-47-44-40-27-24-21-18-15-12-9-6-3)60-69-63(66)57-54-51-48-45-42-39-26-23-20-17-14-11-8-5-2/h22,25,29-30,62H,4-21,23-24,26-28,31-61H2,1-3H3/b25-22-,30-29-. The second-order valence-corrected chi connectivity index (χ2v) is 21.7. The molecule has 71 heavy (non-hydrogen) atoms. The van der Waals surface area contributed by atoms with Crippen LogP contribution in [0.15, 0.2) is 24.3 Å². The molecule has 0 aliphatic rings. The third kappa shape index (κ3) is 58.7. The van der Waals surface area contributed by atoms with Crippen molar-refractivity contribution >= 4 is 17.9 Å². The van der Waals surface area contributed by atoms with Crippen molar-refractivity contribution < 1.29 is 28.6 Å². The molecule has 6 nitrogen and oxygen atoms in total. The Balaban J connectivity index is 4.22. The van der Waals surface area contributed by atoms with Crippen molar-refractivity contribution in [2.45, 2.75) is 361 Å². The molecule has 418 valence electrons. The predicted octanol–water partition coefficient (Wildman–Crippen LogP) is 21.4. The number of hydrogen-bond acceptors (Lipinski definition) is 6. The molecule has 0 saturated heterocycles. The summed E-state index contributed by atoms with van der Waals surface area (Å²) >= 11 is 0.